The number of nitrogens with zero attached hydrogens (tertiary/aromatic N) is 3. The molecule has 0 aliphatic carbocycles. The molecule has 0 fully saturated rings. The van der Waals surface area contributed by atoms with Gasteiger partial charge in [0, 0.05) is 44.2 Å². The molecule has 0 saturated carbocycles. The fourth-order valence-corrected chi connectivity index (χ4v) is 2.33. The van der Waals surface area contributed by atoms with Crippen LogP contribution in [0.4, 0.5) is 5.95 Å². The molecule has 0 aliphatic rings. The van der Waals surface area contributed by atoms with Crippen molar-refractivity contribution in [3.63, 3.8) is 0 Å². The van der Waals surface area contributed by atoms with E-state index < -0.39 is 0 Å². The molecule has 0 spiro atoms. The second-order valence-corrected chi connectivity index (χ2v) is 4.78. The average Bonchev–Trinajstić information content (AvgIpc) is 2.98. The Morgan fingerprint density at radius 2 is 2.05 bits per heavy atom. The number of imidazole rings is 1. The number of anilines is 1. The van der Waals surface area contributed by atoms with Crippen LogP contribution in [0.2, 0.25) is 0 Å². The van der Waals surface area contributed by atoms with Gasteiger partial charge in [0.2, 0.25) is 5.95 Å². The van der Waals surface area contributed by atoms with Crippen molar-refractivity contribution in [3.8, 4) is 0 Å². The van der Waals surface area contributed by atoms with Crippen LogP contribution in [0.3, 0.4) is 0 Å². The molecule has 0 bridgehead atoms. The van der Waals surface area contributed by atoms with E-state index in [1.165, 1.54) is 0 Å². The predicted molar refractivity (Wildman–Crippen MR) is 83.2 cm³/mol. The number of hydrogen-bond donors (Lipinski definition) is 1. The zero-order chi connectivity index (χ0) is 14.5. The second kappa shape index (κ2) is 6.37. The Kier molecular flexibility index (Phi) is 4.12. The molecule has 0 unspecified atom stereocenters. The fourth-order valence-electron chi connectivity index (χ4n) is 2.33. The number of para-hydroxylation sites is 1. The summed E-state index contributed by atoms with van der Waals surface area (Å²) >= 11 is 0. The first kappa shape index (κ1) is 13.6. The first-order chi connectivity index (χ1) is 10.4. The van der Waals surface area contributed by atoms with Gasteiger partial charge in [-0.3, -0.25) is 4.98 Å². The topological polar surface area (TPSA) is 52.0 Å². The monoisotopic (exact) mass is 282 g/mol. The van der Waals surface area contributed by atoms with E-state index in [9.17, 15) is 0 Å². The minimum atomic E-state index is 0.668. The lowest BCUT2D eigenvalue weighted by Crippen LogP contribution is -2.10. The van der Waals surface area contributed by atoms with Crippen molar-refractivity contribution in [3.05, 3.63) is 54.5 Å². The number of methoxy groups -OCH3 is 1. The van der Waals surface area contributed by atoms with Crippen molar-refractivity contribution < 1.29 is 4.74 Å². The molecule has 0 radical (unpaired) electrons. The van der Waals surface area contributed by atoms with Crippen molar-refractivity contribution in [2.45, 2.75) is 13.1 Å². The van der Waals surface area contributed by atoms with E-state index >= 15 is 0 Å². The van der Waals surface area contributed by atoms with Gasteiger partial charge in [0.25, 0.3) is 0 Å². The number of rotatable bonds is 6. The third kappa shape index (κ3) is 3.03. The first-order valence-electron chi connectivity index (χ1n) is 6.95. The molecule has 21 heavy (non-hydrogen) atoms. The summed E-state index contributed by atoms with van der Waals surface area (Å²) in [5, 5.41) is 4.52. The molecule has 0 aliphatic heterocycles. The first-order valence-corrected chi connectivity index (χ1v) is 6.95. The summed E-state index contributed by atoms with van der Waals surface area (Å²) in [4.78, 5) is 8.81. The summed E-state index contributed by atoms with van der Waals surface area (Å²) in [5.74, 6) is 0.847. The molecule has 1 N–H and O–H groups in total. The summed E-state index contributed by atoms with van der Waals surface area (Å²) in [5.41, 5.74) is 2.19. The van der Waals surface area contributed by atoms with Gasteiger partial charge in [0.05, 0.1) is 12.1 Å². The second-order valence-electron chi connectivity index (χ2n) is 4.78. The predicted octanol–water partition coefficient (Wildman–Crippen LogP) is 2.69. The van der Waals surface area contributed by atoms with Crippen molar-refractivity contribution in [2.75, 3.05) is 19.0 Å². The molecule has 2 aromatic heterocycles. The van der Waals surface area contributed by atoms with E-state index in [0.29, 0.717) is 13.2 Å². The number of pyridine rings is 1. The zero-order valence-electron chi connectivity index (χ0n) is 12.0. The van der Waals surface area contributed by atoms with E-state index in [2.05, 4.69) is 39.6 Å². The minimum absolute atomic E-state index is 0.668. The van der Waals surface area contributed by atoms with Crippen LogP contribution >= 0.6 is 0 Å². The molecule has 2 heterocycles. The van der Waals surface area contributed by atoms with Gasteiger partial charge in [-0.25, -0.2) is 4.98 Å². The molecule has 5 nitrogen and oxygen atoms in total. The molecule has 3 rings (SSSR count). The Bertz CT molecular complexity index is 718. The zero-order valence-corrected chi connectivity index (χ0v) is 12.0. The van der Waals surface area contributed by atoms with Gasteiger partial charge in [0.1, 0.15) is 0 Å². The fraction of sp³-hybridized carbons (Fsp3) is 0.250. The number of aromatic nitrogens is 3. The summed E-state index contributed by atoms with van der Waals surface area (Å²) in [6.07, 6.45) is 5.56. The lowest BCUT2D eigenvalue weighted by Gasteiger charge is -2.10. The Morgan fingerprint density at radius 3 is 2.95 bits per heavy atom. The quantitative estimate of drug-likeness (QED) is 0.755. The van der Waals surface area contributed by atoms with E-state index in [1.807, 2.05) is 23.0 Å². The molecule has 1 aromatic carbocycles. The van der Waals surface area contributed by atoms with Gasteiger partial charge < -0.3 is 14.6 Å². The number of fused-ring (bicyclic) bond motifs is 1. The minimum Gasteiger partial charge on any atom is -0.383 e. The van der Waals surface area contributed by atoms with Gasteiger partial charge in [-0.15, -0.1) is 0 Å². The van der Waals surface area contributed by atoms with Crippen molar-refractivity contribution in [2.24, 2.45) is 0 Å². The average molecular weight is 282 g/mol. The number of nitrogens with one attached hydrogen (secondary N) is 1. The summed E-state index contributed by atoms with van der Waals surface area (Å²) in [7, 11) is 1.70. The highest BCUT2D eigenvalue weighted by Crippen LogP contribution is 2.17. The third-order valence-corrected chi connectivity index (χ3v) is 3.41. The molecular formula is C16H18N4O. The van der Waals surface area contributed by atoms with Crippen LogP contribution in [0, 0.1) is 0 Å². The van der Waals surface area contributed by atoms with Crippen LogP contribution in [0.25, 0.3) is 10.9 Å². The molecule has 5 heteroatoms. The Morgan fingerprint density at radius 1 is 1.14 bits per heavy atom. The lowest BCUT2D eigenvalue weighted by molar-refractivity contribution is 0.187. The van der Waals surface area contributed by atoms with E-state index in [0.717, 1.165) is 29.0 Å². The third-order valence-electron chi connectivity index (χ3n) is 3.41. The van der Waals surface area contributed by atoms with Crippen LogP contribution < -0.4 is 5.32 Å². The summed E-state index contributed by atoms with van der Waals surface area (Å²) in [6, 6.07) is 10.2. The van der Waals surface area contributed by atoms with E-state index in [1.54, 1.807) is 13.3 Å². The summed E-state index contributed by atoms with van der Waals surface area (Å²) < 4.78 is 7.15. The molecule has 3 aromatic rings. The Hall–Kier alpha value is -2.40. The normalized spacial score (nSPS) is 10.9. The SMILES string of the molecule is COCCn1ccnc1NCc1cccc2cccnc12. The van der Waals surface area contributed by atoms with Crippen molar-refractivity contribution >= 4 is 16.9 Å². The van der Waals surface area contributed by atoms with Gasteiger partial charge >= 0.3 is 0 Å². The highest BCUT2D eigenvalue weighted by Gasteiger charge is 2.05. The number of benzene rings is 1. The van der Waals surface area contributed by atoms with Crippen molar-refractivity contribution in [1.29, 1.82) is 0 Å². The van der Waals surface area contributed by atoms with E-state index in [4.69, 9.17) is 4.74 Å². The molecular weight excluding hydrogens is 264 g/mol. The maximum absolute atomic E-state index is 5.10. The lowest BCUT2D eigenvalue weighted by atomic mass is 10.1. The molecule has 108 valence electrons. The van der Waals surface area contributed by atoms with Gasteiger partial charge in [-0.05, 0) is 11.6 Å². The van der Waals surface area contributed by atoms with Crippen molar-refractivity contribution in [1.82, 2.24) is 14.5 Å². The Labute approximate surface area is 123 Å². The number of hydrogen-bond acceptors (Lipinski definition) is 4. The van der Waals surface area contributed by atoms with Crippen LogP contribution in [-0.4, -0.2) is 28.3 Å². The summed E-state index contributed by atoms with van der Waals surface area (Å²) in [6.45, 7) is 2.14. The molecule has 0 atom stereocenters. The highest BCUT2D eigenvalue weighted by molar-refractivity contribution is 5.81. The Balaban J connectivity index is 1.76. The van der Waals surface area contributed by atoms with E-state index in [-0.39, 0.29) is 0 Å². The van der Waals surface area contributed by atoms with Gasteiger partial charge in [0.15, 0.2) is 0 Å². The van der Waals surface area contributed by atoms with Crippen LogP contribution in [0.15, 0.2) is 48.9 Å². The smallest absolute Gasteiger partial charge is 0.203 e. The largest absolute Gasteiger partial charge is 0.383 e. The molecule has 0 amide bonds. The number of ether oxygens (including phenoxy) is 1. The maximum atomic E-state index is 5.10. The highest BCUT2D eigenvalue weighted by atomic mass is 16.5. The molecule has 0 saturated heterocycles. The maximum Gasteiger partial charge on any atom is 0.203 e. The van der Waals surface area contributed by atoms with Crippen LogP contribution in [0.5, 0.6) is 0 Å². The van der Waals surface area contributed by atoms with Crippen LogP contribution in [-0.2, 0) is 17.8 Å². The standard InChI is InChI=1S/C16H18N4O/c1-21-11-10-20-9-8-18-16(20)19-12-14-5-2-4-13-6-3-7-17-15(13)14/h2-9H,10-12H2,1H3,(H,18,19). The van der Waals surface area contributed by atoms with Gasteiger partial charge in [-0.1, -0.05) is 24.3 Å². The van der Waals surface area contributed by atoms with Crippen LogP contribution in [0.1, 0.15) is 5.56 Å². The van der Waals surface area contributed by atoms with Gasteiger partial charge in [-0.2, -0.15) is 0 Å².